The van der Waals surface area contributed by atoms with Crippen LogP contribution in [0.3, 0.4) is 0 Å². The highest BCUT2D eigenvalue weighted by molar-refractivity contribution is 7.14. The Hall–Kier alpha value is -1.35. The van der Waals surface area contributed by atoms with Crippen molar-refractivity contribution in [1.82, 2.24) is 4.98 Å². The zero-order valence-electron chi connectivity index (χ0n) is 11.7. The van der Waals surface area contributed by atoms with Gasteiger partial charge in [0.25, 0.3) is 0 Å². The molecule has 96 valence electrons. The smallest absolute Gasteiger partial charge is 0.182 e. The number of aromatic nitrogens is 1. The van der Waals surface area contributed by atoms with E-state index in [2.05, 4.69) is 61.6 Å². The molecule has 1 aromatic heterocycles. The van der Waals surface area contributed by atoms with Crippen molar-refractivity contribution in [3.63, 3.8) is 0 Å². The van der Waals surface area contributed by atoms with Gasteiger partial charge in [-0.2, -0.15) is 0 Å². The minimum Gasteiger partial charge on any atom is -0.365 e. The summed E-state index contributed by atoms with van der Waals surface area (Å²) in [5.41, 5.74) is 5.13. The van der Waals surface area contributed by atoms with Crippen molar-refractivity contribution in [1.29, 1.82) is 0 Å². The van der Waals surface area contributed by atoms with Crippen molar-refractivity contribution < 1.29 is 0 Å². The monoisotopic (exact) mass is 260 g/mol. The van der Waals surface area contributed by atoms with Crippen LogP contribution in [0.2, 0.25) is 0 Å². The standard InChI is InChI=1S/C15H20N2S/c1-10-8-11(15(2,3)4)6-7-12(10)13-9-18-14(16-5)17-13/h6-9H,1-5H3,(H,16,17). The van der Waals surface area contributed by atoms with Crippen LogP contribution in [0.15, 0.2) is 23.6 Å². The number of hydrogen-bond acceptors (Lipinski definition) is 3. The lowest BCUT2D eigenvalue weighted by molar-refractivity contribution is 0.590. The second-order valence-electron chi connectivity index (χ2n) is 5.57. The van der Waals surface area contributed by atoms with Gasteiger partial charge in [0.1, 0.15) is 0 Å². The van der Waals surface area contributed by atoms with E-state index in [-0.39, 0.29) is 5.41 Å². The summed E-state index contributed by atoms with van der Waals surface area (Å²) in [6, 6.07) is 6.67. The molecular weight excluding hydrogens is 240 g/mol. The average Bonchev–Trinajstić information content (AvgIpc) is 2.76. The van der Waals surface area contributed by atoms with Crippen LogP contribution < -0.4 is 5.32 Å². The van der Waals surface area contributed by atoms with E-state index in [9.17, 15) is 0 Å². The fourth-order valence-electron chi connectivity index (χ4n) is 1.93. The van der Waals surface area contributed by atoms with Crippen molar-refractivity contribution in [2.75, 3.05) is 12.4 Å². The van der Waals surface area contributed by atoms with Crippen LogP contribution in [0.1, 0.15) is 31.9 Å². The van der Waals surface area contributed by atoms with E-state index in [0.717, 1.165) is 10.8 Å². The lowest BCUT2D eigenvalue weighted by Gasteiger charge is -2.20. The zero-order chi connectivity index (χ0) is 13.3. The number of hydrogen-bond donors (Lipinski definition) is 1. The molecule has 0 atom stereocenters. The predicted octanol–water partition coefficient (Wildman–Crippen LogP) is 4.46. The highest BCUT2D eigenvalue weighted by atomic mass is 32.1. The minimum atomic E-state index is 0.196. The third-order valence-corrected chi connectivity index (χ3v) is 3.95. The van der Waals surface area contributed by atoms with Gasteiger partial charge in [-0.25, -0.2) is 4.98 Å². The molecule has 1 aromatic carbocycles. The number of aryl methyl sites for hydroxylation is 1. The van der Waals surface area contributed by atoms with Crippen LogP contribution in [0.4, 0.5) is 5.13 Å². The summed E-state index contributed by atoms with van der Waals surface area (Å²) in [5, 5.41) is 6.14. The third-order valence-electron chi connectivity index (χ3n) is 3.09. The van der Waals surface area contributed by atoms with Gasteiger partial charge in [0, 0.05) is 18.0 Å². The maximum Gasteiger partial charge on any atom is 0.182 e. The maximum atomic E-state index is 4.56. The van der Waals surface area contributed by atoms with Crippen LogP contribution in [0, 0.1) is 6.92 Å². The lowest BCUT2D eigenvalue weighted by Crippen LogP contribution is -2.11. The number of anilines is 1. The molecule has 0 bridgehead atoms. The number of nitrogens with zero attached hydrogens (tertiary/aromatic N) is 1. The molecule has 0 saturated heterocycles. The average molecular weight is 260 g/mol. The van der Waals surface area contributed by atoms with Crippen LogP contribution in [0.25, 0.3) is 11.3 Å². The molecule has 0 aliphatic heterocycles. The van der Waals surface area contributed by atoms with E-state index in [1.54, 1.807) is 11.3 Å². The van der Waals surface area contributed by atoms with Gasteiger partial charge < -0.3 is 5.32 Å². The minimum absolute atomic E-state index is 0.196. The lowest BCUT2D eigenvalue weighted by atomic mass is 9.85. The third kappa shape index (κ3) is 2.56. The molecule has 0 saturated carbocycles. The van der Waals surface area contributed by atoms with E-state index < -0.39 is 0 Å². The van der Waals surface area contributed by atoms with Gasteiger partial charge >= 0.3 is 0 Å². The van der Waals surface area contributed by atoms with Gasteiger partial charge in [-0.05, 0) is 23.5 Å². The number of benzene rings is 1. The molecule has 0 amide bonds. The largest absolute Gasteiger partial charge is 0.365 e. The summed E-state index contributed by atoms with van der Waals surface area (Å²) in [6.07, 6.45) is 0. The first-order chi connectivity index (χ1) is 8.41. The Kier molecular flexibility index (Phi) is 3.44. The normalized spacial score (nSPS) is 11.6. The molecule has 0 aliphatic carbocycles. The molecule has 1 N–H and O–H groups in total. The van der Waals surface area contributed by atoms with Gasteiger partial charge in [0.15, 0.2) is 5.13 Å². The van der Waals surface area contributed by atoms with Crippen molar-refractivity contribution in [2.45, 2.75) is 33.1 Å². The highest BCUT2D eigenvalue weighted by Crippen LogP contribution is 2.30. The number of rotatable bonds is 2. The van der Waals surface area contributed by atoms with Crippen LogP contribution in [0.5, 0.6) is 0 Å². The van der Waals surface area contributed by atoms with Crippen LogP contribution >= 0.6 is 11.3 Å². The van der Waals surface area contributed by atoms with Crippen molar-refractivity contribution in [2.24, 2.45) is 0 Å². The Labute approximate surface area is 113 Å². The Bertz CT molecular complexity index is 550. The van der Waals surface area contributed by atoms with Gasteiger partial charge in [-0.1, -0.05) is 39.0 Å². The highest BCUT2D eigenvalue weighted by Gasteiger charge is 2.15. The van der Waals surface area contributed by atoms with E-state index in [4.69, 9.17) is 0 Å². The van der Waals surface area contributed by atoms with Crippen LogP contribution in [-0.2, 0) is 5.41 Å². The molecule has 2 rings (SSSR count). The molecule has 1 heterocycles. The summed E-state index contributed by atoms with van der Waals surface area (Å²) < 4.78 is 0. The van der Waals surface area contributed by atoms with E-state index in [1.165, 1.54) is 16.7 Å². The molecule has 3 heteroatoms. The molecule has 0 fully saturated rings. The van der Waals surface area contributed by atoms with Gasteiger partial charge in [-0.15, -0.1) is 11.3 Å². The predicted molar refractivity (Wildman–Crippen MR) is 80.5 cm³/mol. The van der Waals surface area contributed by atoms with E-state index >= 15 is 0 Å². The van der Waals surface area contributed by atoms with Crippen molar-refractivity contribution in [3.8, 4) is 11.3 Å². The second-order valence-corrected chi connectivity index (χ2v) is 6.43. The van der Waals surface area contributed by atoms with Gasteiger partial charge in [0.05, 0.1) is 5.69 Å². The topological polar surface area (TPSA) is 24.9 Å². The molecule has 0 aliphatic rings. The Morgan fingerprint density at radius 3 is 2.44 bits per heavy atom. The summed E-state index contributed by atoms with van der Waals surface area (Å²) in [6.45, 7) is 8.87. The summed E-state index contributed by atoms with van der Waals surface area (Å²) in [5.74, 6) is 0. The summed E-state index contributed by atoms with van der Waals surface area (Å²) in [7, 11) is 1.90. The van der Waals surface area contributed by atoms with Crippen LogP contribution in [-0.4, -0.2) is 12.0 Å². The maximum absolute atomic E-state index is 4.56. The SMILES string of the molecule is CNc1nc(-c2ccc(C(C)(C)C)cc2C)cs1. The molecule has 0 unspecified atom stereocenters. The first-order valence-electron chi connectivity index (χ1n) is 6.16. The fourth-order valence-corrected chi connectivity index (χ4v) is 2.60. The molecular formula is C15H20N2S. The first kappa shape index (κ1) is 13.1. The Morgan fingerprint density at radius 1 is 1.22 bits per heavy atom. The molecule has 18 heavy (non-hydrogen) atoms. The fraction of sp³-hybridized carbons (Fsp3) is 0.400. The zero-order valence-corrected chi connectivity index (χ0v) is 12.5. The summed E-state index contributed by atoms with van der Waals surface area (Å²) in [4.78, 5) is 4.56. The molecule has 0 radical (unpaired) electrons. The first-order valence-corrected chi connectivity index (χ1v) is 7.04. The van der Waals surface area contributed by atoms with E-state index in [0.29, 0.717) is 0 Å². The van der Waals surface area contributed by atoms with Crippen molar-refractivity contribution in [3.05, 3.63) is 34.7 Å². The molecule has 0 spiro atoms. The van der Waals surface area contributed by atoms with Crippen molar-refractivity contribution >= 4 is 16.5 Å². The Morgan fingerprint density at radius 2 is 1.94 bits per heavy atom. The van der Waals surface area contributed by atoms with Gasteiger partial charge in [-0.3, -0.25) is 0 Å². The molecule has 2 aromatic rings. The number of thiazole rings is 1. The number of nitrogens with one attached hydrogen (secondary N) is 1. The van der Waals surface area contributed by atoms with Gasteiger partial charge in [0.2, 0.25) is 0 Å². The Balaban J connectivity index is 2.41. The summed E-state index contributed by atoms with van der Waals surface area (Å²) >= 11 is 1.64. The second kappa shape index (κ2) is 4.73. The molecule has 2 nitrogen and oxygen atoms in total. The van der Waals surface area contributed by atoms with E-state index in [1.807, 2.05) is 7.05 Å². The quantitative estimate of drug-likeness (QED) is 0.862.